The largest absolute Gasteiger partial charge is 0.496 e. The van der Waals surface area contributed by atoms with Crippen molar-refractivity contribution >= 4 is 34.7 Å². The predicted octanol–water partition coefficient (Wildman–Crippen LogP) is 2.67. The summed E-state index contributed by atoms with van der Waals surface area (Å²) < 4.78 is 11.9. The van der Waals surface area contributed by atoms with Crippen molar-refractivity contribution in [3.63, 3.8) is 0 Å². The van der Waals surface area contributed by atoms with E-state index in [1.807, 2.05) is 42.5 Å². The maximum atomic E-state index is 12.7. The Hall–Kier alpha value is -4.41. The molecule has 0 aliphatic carbocycles. The van der Waals surface area contributed by atoms with Crippen molar-refractivity contribution in [1.29, 1.82) is 0 Å². The summed E-state index contributed by atoms with van der Waals surface area (Å²) in [6, 6.07) is 13.3. The monoisotopic (exact) mass is 462 g/mol. The summed E-state index contributed by atoms with van der Waals surface area (Å²) in [4.78, 5) is 19.5. The number of imidazole rings is 1. The van der Waals surface area contributed by atoms with E-state index in [0.717, 1.165) is 29.9 Å². The second kappa shape index (κ2) is 10.0. The first kappa shape index (κ1) is 22.8. The minimum Gasteiger partial charge on any atom is -0.496 e. The van der Waals surface area contributed by atoms with Gasteiger partial charge in [0, 0.05) is 30.4 Å². The van der Waals surface area contributed by atoms with Gasteiger partial charge in [0.1, 0.15) is 12.3 Å². The zero-order valence-electron chi connectivity index (χ0n) is 19.2. The van der Waals surface area contributed by atoms with Crippen molar-refractivity contribution in [3.05, 3.63) is 48.0 Å². The summed E-state index contributed by atoms with van der Waals surface area (Å²) in [7, 11) is 1.60. The molecule has 3 N–H and O–H groups in total. The third kappa shape index (κ3) is 4.53. The molecular formula is C23H26N8O3. The Kier molecular flexibility index (Phi) is 6.72. The number of nitrogens with zero attached hydrogens (tertiary/aromatic N) is 6. The number of anilines is 2. The highest BCUT2D eigenvalue weighted by Crippen LogP contribution is 2.27. The second-order valence-electron chi connectivity index (χ2n) is 7.40. The number of ether oxygens (including phenoxy) is 1. The molecule has 0 fully saturated rings. The number of amides is 1. The van der Waals surface area contributed by atoms with E-state index in [0.29, 0.717) is 17.1 Å². The van der Waals surface area contributed by atoms with Crippen LogP contribution in [0.15, 0.2) is 52.2 Å². The first-order valence-electron chi connectivity index (χ1n) is 10.8. The Morgan fingerprint density at radius 3 is 2.74 bits per heavy atom. The highest BCUT2D eigenvalue weighted by atomic mass is 16.6. The van der Waals surface area contributed by atoms with E-state index in [-0.39, 0.29) is 24.0 Å². The summed E-state index contributed by atoms with van der Waals surface area (Å²) in [5, 5.41) is 11.6. The third-order valence-corrected chi connectivity index (χ3v) is 5.42. The van der Waals surface area contributed by atoms with Crippen LogP contribution in [0.4, 0.5) is 11.5 Å². The highest BCUT2D eigenvalue weighted by Gasteiger charge is 2.20. The van der Waals surface area contributed by atoms with Gasteiger partial charge in [-0.1, -0.05) is 12.1 Å². The minimum atomic E-state index is -0.352. The number of methoxy groups -OCH3 is 1. The number of carbonyl (C=O) groups is 1. The van der Waals surface area contributed by atoms with Gasteiger partial charge in [0.05, 0.1) is 24.4 Å². The second-order valence-corrected chi connectivity index (χ2v) is 7.40. The van der Waals surface area contributed by atoms with Crippen molar-refractivity contribution < 1.29 is 14.2 Å². The molecule has 4 rings (SSSR count). The van der Waals surface area contributed by atoms with Gasteiger partial charge in [0.25, 0.3) is 5.91 Å². The van der Waals surface area contributed by atoms with Crippen LogP contribution in [-0.4, -0.2) is 52.2 Å². The van der Waals surface area contributed by atoms with Crippen molar-refractivity contribution in [2.45, 2.75) is 20.4 Å². The number of aromatic nitrogens is 4. The SMILES string of the molecule is CCN(CC)c1ccc(/C=N\NC(=O)Cn2c(-c3nonc3N)nc3ccccc32)c(OC)c1. The zero-order valence-corrected chi connectivity index (χ0v) is 19.2. The normalized spacial score (nSPS) is 11.3. The average Bonchev–Trinajstić information content (AvgIpc) is 3.43. The van der Waals surface area contributed by atoms with Crippen LogP contribution in [-0.2, 0) is 11.3 Å². The summed E-state index contributed by atoms with van der Waals surface area (Å²) in [5.74, 6) is 0.789. The maximum absolute atomic E-state index is 12.7. The first-order chi connectivity index (χ1) is 16.5. The van der Waals surface area contributed by atoms with E-state index in [2.05, 4.69) is 44.6 Å². The van der Waals surface area contributed by atoms with Gasteiger partial charge in [-0.3, -0.25) is 4.79 Å². The molecule has 11 nitrogen and oxygen atoms in total. The van der Waals surface area contributed by atoms with E-state index in [1.54, 1.807) is 17.9 Å². The number of hydrogen-bond acceptors (Lipinski definition) is 9. The fourth-order valence-corrected chi connectivity index (χ4v) is 3.71. The number of rotatable bonds is 9. The molecular weight excluding hydrogens is 436 g/mol. The fraction of sp³-hybridized carbons (Fsp3) is 0.261. The number of nitrogen functional groups attached to an aromatic ring is 1. The van der Waals surface area contributed by atoms with E-state index in [4.69, 9.17) is 15.1 Å². The lowest BCUT2D eigenvalue weighted by Crippen LogP contribution is -2.24. The molecule has 0 saturated heterocycles. The van der Waals surface area contributed by atoms with Crippen LogP contribution >= 0.6 is 0 Å². The minimum absolute atomic E-state index is 0.0580. The van der Waals surface area contributed by atoms with Gasteiger partial charge in [-0.05, 0) is 48.4 Å². The Bertz CT molecular complexity index is 1320. The molecule has 0 bridgehead atoms. The molecule has 1 amide bonds. The summed E-state index contributed by atoms with van der Waals surface area (Å²) >= 11 is 0. The highest BCUT2D eigenvalue weighted by molar-refractivity contribution is 5.87. The Morgan fingerprint density at radius 2 is 2.03 bits per heavy atom. The van der Waals surface area contributed by atoms with E-state index in [9.17, 15) is 4.79 Å². The van der Waals surface area contributed by atoms with Gasteiger partial charge in [-0.25, -0.2) is 15.0 Å². The molecule has 0 aliphatic heterocycles. The lowest BCUT2D eigenvalue weighted by molar-refractivity contribution is -0.121. The summed E-state index contributed by atoms with van der Waals surface area (Å²) in [6.07, 6.45) is 1.55. The molecule has 176 valence electrons. The number of nitrogens with two attached hydrogens (primary N) is 1. The van der Waals surface area contributed by atoms with Crippen molar-refractivity contribution in [1.82, 2.24) is 25.3 Å². The topological polar surface area (TPSA) is 137 Å². The number of benzene rings is 2. The lowest BCUT2D eigenvalue weighted by Gasteiger charge is -2.21. The number of fused-ring (bicyclic) bond motifs is 1. The van der Waals surface area contributed by atoms with Gasteiger partial charge >= 0.3 is 0 Å². The maximum Gasteiger partial charge on any atom is 0.260 e. The third-order valence-electron chi connectivity index (χ3n) is 5.42. The van der Waals surface area contributed by atoms with E-state index in [1.165, 1.54) is 0 Å². The van der Waals surface area contributed by atoms with Crippen molar-refractivity contribution in [2.24, 2.45) is 5.10 Å². The number of carbonyl (C=O) groups excluding carboxylic acids is 1. The smallest absolute Gasteiger partial charge is 0.260 e. The van der Waals surface area contributed by atoms with Crippen molar-refractivity contribution in [2.75, 3.05) is 30.8 Å². The molecule has 34 heavy (non-hydrogen) atoms. The van der Waals surface area contributed by atoms with Crippen LogP contribution < -0.4 is 20.8 Å². The molecule has 0 unspecified atom stereocenters. The standard InChI is InChI=1S/C23H26N8O3/c1-4-30(5-2)16-11-10-15(19(12-16)33-3)13-25-27-20(32)14-31-18-9-7-6-8-17(18)26-23(31)21-22(24)29-34-28-21/h6-13H,4-5,14H2,1-3H3,(H2,24,29)(H,27,32)/b25-13-. The molecule has 2 aromatic carbocycles. The number of hydrogen-bond donors (Lipinski definition) is 2. The van der Waals surface area contributed by atoms with Crippen LogP contribution in [0.25, 0.3) is 22.6 Å². The number of para-hydroxylation sites is 2. The molecule has 0 aliphatic rings. The van der Waals surface area contributed by atoms with Crippen LogP contribution in [0.3, 0.4) is 0 Å². The molecule has 2 aromatic heterocycles. The summed E-state index contributed by atoms with van der Waals surface area (Å²) in [6.45, 7) is 5.93. The van der Waals surface area contributed by atoms with Crippen LogP contribution in [0.2, 0.25) is 0 Å². The Labute approximate surface area is 196 Å². The first-order valence-corrected chi connectivity index (χ1v) is 10.8. The van der Waals surface area contributed by atoms with Crippen LogP contribution in [0, 0.1) is 0 Å². The Balaban J connectivity index is 1.53. The predicted molar refractivity (Wildman–Crippen MR) is 130 cm³/mol. The summed E-state index contributed by atoms with van der Waals surface area (Å²) in [5.41, 5.74) is 11.9. The molecule has 0 spiro atoms. The van der Waals surface area contributed by atoms with E-state index >= 15 is 0 Å². The lowest BCUT2D eigenvalue weighted by atomic mass is 10.2. The van der Waals surface area contributed by atoms with Crippen molar-refractivity contribution in [3.8, 4) is 17.3 Å². The quantitative estimate of drug-likeness (QED) is 0.286. The van der Waals surface area contributed by atoms with Gasteiger partial charge in [-0.15, -0.1) is 0 Å². The molecule has 2 heterocycles. The van der Waals surface area contributed by atoms with Gasteiger partial charge in [0.2, 0.25) is 0 Å². The van der Waals surface area contributed by atoms with Crippen LogP contribution in [0.5, 0.6) is 5.75 Å². The van der Waals surface area contributed by atoms with Crippen LogP contribution in [0.1, 0.15) is 19.4 Å². The van der Waals surface area contributed by atoms with Gasteiger partial charge < -0.3 is 19.9 Å². The average molecular weight is 463 g/mol. The Morgan fingerprint density at radius 1 is 1.24 bits per heavy atom. The molecule has 4 aromatic rings. The van der Waals surface area contributed by atoms with Gasteiger partial charge in [0.15, 0.2) is 17.3 Å². The molecule has 0 atom stereocenters. The number of hydrazone groups is 1. The van der Waals surface area contributed by atoms with Gasteiger partial charge in [-0.2, -0.15) is 5.10 Å². The fourth-order valence-electron chi connectivity index (χ4n) is 3.71. The van der Waals surface area contributed by atoms with E-state index < -0.39 is 0 Å². The molecule has 0 radical (unpaired) electrons. The number of nitrogens with one attached hydrogen (secondary N) is 1. The zero-order chi connectivity index (χ0) is 24.1. The molecule has 0 saturated carbocycles. The molecule has 11 heteroatoms.